The van der Waals surface area contributed by atoms with Gasteiger partial charge < -0.3 is 5.32 Å². The van der Waals surface area contributed by atoms with Gasteiger partial charge in [0.2, 0.25) is 0 Å². The quantitative estimate of drug-likeness (QED) is 0.832. The van der Waals surface area contributed by atoms with Gasteiger partial charge in [-0.25, -0.2) is 4.39 Å². The lowest BCUT2D eigenvalue weighted by atomic mass is 9.82. The first-order chi connectivity index (χ1) is 9.86. The number of hydrogen-bond acceptors (Lipinski definition) is 1. The van der Waals surface area contributed by atoms with Gasteiger partial charge in [-0.05, 0) is 35.6 Å². The van der Waals surface area contributed by atoms with Crippen LogP contribution >= 0.6 is 0 Å². The summed E-state index contributed by atoms with van der Waals surface area (Å²) >= 11 is 0. The number of hydrogen-bond donors (Lipinski definition) is 1. The Labute approximate surface area is 127 Å². The van der Waals surface area contributed by atoms with Crippen molar-refractivity contribution < 1.29 is 4.39 Å². The first kappa shape index (κ1) is 15.7. The van der Waals surface area contributed by atoms with E-state index >= 15 is 0 Å². The molecule has 2 rings (SSSR count). The fourth-order valence-electron chi connectivity index (χ4n) is 2.51. The SMILES string of the molecule is Cc1ccc(CNC(c2ccc(F)cc2)C(C)(C)C)cc1. The summed E-state index contributed by atoms with van der Waals surface area (Å²) in [5.41, 5.74) is 3.71. The molecule has 0 aromatic heterocycles. The van der Waals surface area contributed by atoms with Gasteiger partial charge in [0, 0.05) is 12.6 Å². The highest BCUT2D eigenvalue weighted by atomic mass is 19.1. The Kier molecular flexibility index (Phi) is 4.79. The summed E-state index contributed by atoms with van der Waals surface area (Å²) in [6, 6.07) is 15.5. The van der Waals surface area contributed by atoms with Crippen molar-refractivity contribution in [2.24, 2.45) is 5.41 Å². The first-order valence-electron chi connectivity index (χ1n) is 7.40. The summed E-state index contributed by atoms with van der Waals surface area (Å²) in [7, 11) is 0. The molecule has 0 bridgehead atoms. The lowest BCUT2D eigenvalue weighted by Gasteiger charge is -2.32. The number of aryl methyl sites for hydroxylation is 1. The Morgan fingerprint density at radius 1 is 0.952 bits per heavy atom. The number of benzene rings is 2. The second kappa shape index (κ2) is 6.40. The largest absolute Gasteiger partial charge is 0.305 e. The zero-order valence-corrected chi connectivity index (χ0v) is 13.3. The van der Waals surface area contributed by atoms with E-state index in [1.165, 1.54) is 23.3 Å². The normalized spacial score (nSPS) is 13.2. The topological polar surface area (TPSA) is 12.0 Å². The molecule has 0 spiro atoms. The van der Waals surface area contributed by atoms with Crippen molar-refractivity contribution in [3.63, 3.8) is 0 Å². The minimum Gasteiger partial charge on any atom is -0.305 e. The van der Waals surface area contributed by atoms with Gasteiger partial charge in [-0.2, -0.15) is 0 Å². The molecule has 2 aromatic rings. The Bertz CT molecular complexity index is 564. The molecule has 1 N–H and O–H groups in total. The molecule has 0 aliphatic carbocycles. The van der Waals surface area contributed by atoms with Crippen LogP contribution < -0.4 is 5.32 Å². The maximum absolute atomic E-state index is 13.1. The van der Waals surface area contributed by atoms with Crippen LogP contribution in [0.15, 0.2) is 48.5 Å². The molecule has 0 heterocycles. The van der Waals surface area contributed by atoms with Crippen LogP contribution in [0, 0.1) is 18.2 Å². The summed E-state index contributed by atoms with van der Waals surface area (Å²) < 4.78 is 13.1. The van der Waals surface area contributed by atoms with Gasteiger partial charge in [-0.15, -0.1) is 0 Å². The highest BCUT2D eigenvalue weighted by Crippen LogP contribution is 2.33. The van der Waals surface area contributed by atoms with Crippen LogP contribution in [0.5, 0.6) is 0 Å². The molecule has 0 saturated carbocycles. The third-order valence-corrected chi connectivity index (χ3v) is 3.70. The van der Waals surface area contributed by atoms with E-state index in [0.29, 0.717) is 0 Å². The Morgan fingerprint density at radius 2 is 1.52 bits per heavy atom. The molecule has 0 fully saturated rings. The summed E-state index contributed by atoms with van der Waals surface area (Å²) in [6.07, 6.45) is 0. The second-order valence-electron chi connectivity index (χ2n) is 6.72. The molecule has 0 aliphatic rings. The van der Waals surface area contributed by atoms with Crippen molar-refractivity contribution in [3.8, 4) is 0 Å². The minimum absolute atomic E-state index is 0.0581. The molecule has 0 aliphatic heterocycles. The van der Waals surface area contributed by atoms with E-state index in [1.54, 1.807) is 0 Å². The molecule has 21 heavy (non-hydrogen) atoms. The Morgan fingerprint density at radius 3 is 2.05 bits per heavy atom. The maximum atomic E-state index is 13.1. The van der Waals surface area contributed by atoms with Gasteiger partial charge in [0.1, 0.15) is 5.82 Å². The van der Waals surface area contributed by atoms with Crippen LogP contribution in [0.2, 0.25) is 0 Å². The highest BCUT2D eigenvalue weighted by molar-refractivity contribution is 5.24. The predicted octanol–water partition coefficient (Wildman–Crippen LogP) is 5.01. The average molecular weight is 285 g/mol. The van der Waals surface area contributed by atoms with Gasteiger partial charge in [-0.3, -0.25) is 0 Å². The third kappa shape index (κ3) is 4.40. The molecular weight excluding hydrogens is 261 g/mol. The summed E-state index contributed by atoms with van der Waals surface area (Å²) in [5, 5.41) is 3.61. The second-order valence-corrected chi connectivity index (χ2v) is 6.72. The monoisotopic (exact) mass is 285 g/mol. The lowest BCUT2D eigenvalue weighted by Crippen LogP contribution is -2.32. The Balaban J connectivity index is 2.14. The highest BCUT2D eigenvalue weighted by Gasteiger charge is 2.25. The van der Waals surface area contributed by atoms with Crippen LogP contribution in [0.25, 0.3) is 0 Å². The zero-order chi connectivity index (χ0) is 15.5. The van der Waals surface area contributed by atoms with E-state index in [4.69, 9.17) is 0 Å². The van der Waals surface area contributed by atoms with Gasteiger partial charge in [0.25, 0.3) is 0 Å². The number of rotatable bonds is 4. The molecule has 1 atom stereocenters. The van der Waals surface area contributed by atoms with Gasteiger partial charge >= 0.3 is 0 Å². The average Bonchev–Trinajstić information content (AvgIpc) is 2.42. The van der Waals surface area contributed by atoms with Crippen molar-refractivity contribution in [1.29, 1.82) is 0 Å². The molecule has 2 heteroatoms. The van der Waals surface area contributed by atoms with E-state index < -0.39 is 0 Å². The van der Waals surface area contributed by atoms with Gasteiger partial charge in [0.05, 0.1) is 0 Å². The predicted molar refractivity (Wildman–Crippen MR) is 86.6 cm³/mol. The molecule has 0 saturated heterocycles. The van der Waals surface area contributed by atoms with E-state index in [2.05, 4.69) is 57.3 Å². The van der Waals surface area contributed by atoms with E-state index in [9.17, 15) is 4.39 Å². The van der Waals surface area contributed by atoms with Gasteiger partial charge in [-0.1, -0.05) is 62.7 Å². The Hall–Kier alpha value is -1.67. The summed E-state index contributed by atoms with van der Waals surface area (Å²) in [6.45, 7) is 9.49. The summed E-state index contributed by atoms with van der Waals surface area (Å²) in [5.74, 6) is -0.190. The fraction of sp³-hybridized carbons (Fsp3) is 0.368. The summed E-state index contributed by atoms with van der Waals surface area (Å²) in [4.78, 5) is 0. The standard InChI is InChI=1S/C19H24FN/c1-14-5-7-15(8-6-14)13-21-18(19(2,3)4)16-9-11-17(20)12-10-16/h5-12,18,21H,13H2,1-4H3. The van der Waals surface area contributed by atoms with Crippen molar-refractivity contribution in [3.05, 3.63) is 71.0 Å². The molecule has 0 amide bonds. The van der Waals surface area contributed by atoms with E-state index in [1.807, 2.05) is 12.1 Å². The van der Waals surface area contributed by atoms with Crippen LogP contribution in [0.4, 0.5) is 4.39 Å². The molecule has 112 valence electrons. The molecule has 0 radical (unpaired) electrons. The van der Waals surface area contributed by atoms with Crippen molar-refractivity contribution in [2.75, 3.05) is 0 Å². The molecular formula is C19H24FN. The van der Waals surface area contributed by atoms with Crippen LogP contribution in [0.1, 0.15) is 43.5 Å². The van der Waals surface area contributed by atoms with Crippen molar-refractivity contribution in [1.82, 2.24) is 5.32 Å². The third-order valence-electron chi connectivity index (χ3n) is 3.70. The van der Waals surface area contributed by atoms with Gasteiger partial charge in [0.15, 0.2) is 0 Å². The van der Waals surface area contributed by atoms with E-state index in [-0.39, 0.29) is 17.3 Å². The van der Waals surface area contributed by atoms with Crippen LogP contribution in [0.3, 0.4) is 0 Å². The molecule has 1 unspecified atom stereocenters. The lowest BCUT2D eigenvalue weighted by molar-refractivity contribution is 0.271. The number of halogens is 1. The smallest absolute Gasteiger partial charge is 0.123 e. The van der Waals surface area contributed by atoms with Crippen LogP contribution in [-0.4, -0.2) is 0 Å². The molecule has 2 aromatic carbocycles. The van der Waals surface area contributed by atoms with Crippen LogP contribution in [-0.2, 0) is 6.54 Å². The number of nitrogens with one attached hydrogen (secondary N) is 1. The van der Waals surface area contributed by atoms with Crippen molar-refractivity contribution in [2.45, 2.75) is 40.3 Å². The van der Waals surface area contributed by atoms with E-state index in [0.717, 1.165) is 12.1 Å². The zero-order valence-electron chi connectivity index (χ0n) is 13.3. The fourth-order valence-corrected chi connectivity index (χ4v) is 2.51. The maximum Gasteiger partial charge on any atom is 0.123 e. The molecule has 1 nitrogen and oxygen atoms in total. The first-order valence-corrected chi connectivity index (χ1v) is 7.40. The minimum atomic E-state index is -0.190. The van der Waals surface area contributed by atoms with Crippen molar-refractivity contribution >= 4 is 0 Å².